The van der Waals surface area contributed by atoms with Crippen LogP contribution in [0.3, 0.4) is 0 Å². The Bertz CT molecular complexity index is 407. The zero-order valence-corrected chi connectivity index (χ0v) is 9.39. The van der Waals surface area contributed by atoms with E-state index in [1.165, 1.54) is 0 Å². The Morgan fingerprint density at radius 1 is 1.50 bits per heavy atom. The van der Waals surface area contributed by atoms with Gasteiger partial charge in [0, 0.05) is 18.8 Å². The molecule has 0 atom stereocenters. The summed E-state index contributed by atoms with van der Waals surface area (Å²) in [5, 5.41) is 6.98. The molecule has 2 heterocycles. The molecule has 5 nitrogen and oxygen atoms in total. The molecule has 0 bridgehead atoms. The summed E-state index contributed by atoms with van der Waals surface area (Å²) in [5.41, 5.74) is 1.05. The second kappa shape index (κ2) is 5.46. The number of hydrogen-bond donors (Lipinski definition) is 1. The number of hydrogen-bond acceptors (Lipinski definition) is 4. The minimum absolute atomic E-state index is 0.681. The highest BCUT2D eigenvalue weighted by atomic mass is 16.5. The molecule has 0 saturated carbocycles. The summed E-state index contributed by atoms with van der Waals surface area (Å²) in [4.78, 5) is 4.31. The third kappa shape index (κ3) is 2.93. The Labute approximate surface area is 94.5 Å². The molecule has 0 aliphatic heterocycles. The minimum atomic E-state index is 0.681. The summed E-state index contributed by atoms with van der Waals surface area (Å²) in [6, 6.07) is 1.86. The molecule has 1 N–H and O–H groups in total. The van der Waals surface area contributed by atoms with Gasteiger partial charge in [0.05, 0.1) is 24.8 Å². The van der Waals surface area contributed by atoms with E-state index in [0.717, 1.165) is 31.0 Å². The summed E-state index contributed by atoms with van der Waals surface area (Å²) < 4.78 is 7.02. The van der Waals surface area contributed by atoms with Crippen molar-refractivity contribution in [1.82, 2.24) is 20.0 Å². The first-order chi connectivity index (χ1) is 7.88. The molecule has 16 heavy (non-hydrogen) atoms. The second-order valence-corrected chi connectivity index (χ2v) is 3.69. The van der Waals surface area contributed by atoms with Crippen LogP contribution >= 0.6 is 0 Å². The molecule has 0 aliphatic rings. The van der Waals surface area contributed by atoms with E-state index in [-0.39, 0.29) is 0 Å². The second-order valence-electron chi connectivity index (χ2n) is 3.69. The van der Waals surface area contributed by atoms with Crippen molar-refractivity contribution in [3.8, 4) is 0 Å². The molecule has 2 aromatic heterocycles. The van der Waals surface area contributed by atoms with Crippen LogP contribution in [0.15, 0.2) is 29.3 Å². The van der Waals surface area contributed by atoms with Gasteiger partial charge in [-0.2, -0.15) is 0 Å². The van der Waals surface area contributed by atoms with E-state index < -0.39 is 0 Å². The molecule has 2 rings (SSSR count). The number of nitrogens with one attached hydrogen (secondary N) is 1. The van der Waals surface area contributed by atoms with Crippen LogP contribution in [0.25, 0.3) is 0 Å². The van der Waals surface area contributed by atoms with Crippen LogP contribution in [-0.2, 0) is 13.1 Å². The van der Waals surface area contributed by atoms with E-state index in [9.17, 15) is 0 Å². The van der Waals surface area contributed by atoms with Crippen molar-refractivity contribution in [3.63, 3.8) is 0 Å². The number of imidazole rings is 1. The Kier molecular flexibility index (Phi) is 3.71. The van der Waals surface area contributed by atoms with Gasteiger partial charge in [-0.25, -0.2) is 4.98 Å². The molecule has 0 fully saturated rings. The van der Waals surface area contributed by atoms with Crippen molar-refractivity contribution < 1.29 is 4.52 Å². The van der Waals surface area contributed by atoms with E-state index in [2.05, 4.69) is 22.4 Å². The molecule has 0 amide bonds. The van der Waals surface area contributed by atoms with Crippen LogP contribution in [0, 0.1) is 0 Å². The lowest BCUT2D eigenvalue weighted by atomic mass is 10.4. The van der Waals surface area contributed by atoms with Gasteiger partial charge in [0.15, 0.2) is 5.76 Å². The Morgan fingerprint density at radius 3 is 3.19 bits per heavy atom. The van der Waals surface area contributed by atoms with Crippen molar-refractivity contribution in [2.75, 3.05) is 6.54 Å². The van der Waals surface area contributed by atoms with E-state index >= 15 is 0 Å². The van der Waals surface area contributed by atoms with Gasteiger partial charge in [-0.05, 0) is 13.0 Å². The summed E-state index contributed by atoms with van der Waals surface area (Å²) in [6.07, 6.45) is 6.62. The Morgan fingerprint density at radius 2 is 2.44 bits per heavy atom. The van der Waals surface area contributed by atoms with E-state index in [1.807, 2.05) is 23.2 Å². The molecule has 0 aliphatic carbocycles. The van der Waals surface area contributed by atoms with E-state index in [4.69, 9.17) is 4.52 Å². The van der Waals surface area contributed by atoms with Gasteiger partial charge in [0.25, 0.3) is 0 Å². The fraction of sp³-hybridized carbons (Fsp3) is 0.455. The standard InChI is InChI=1S/C11H16N4O/c1-2-4-12-6-10-7-15(9-13-10)8-11-3-5-14-16-11/h3,5,7,9,12H,2,4,6,8H2,1H3. The van der Waals surface area contributed by atoms with Crippen LogP contribution in [0.5, 0.6) is 0 Å². The van der Waals surface area contributed by atoms with Gasteiger partial charge in [0.1, 0.15) is 0 Å². The van der Waals surface area contributed by atoms with Crippen LogP contribution in [0.2, 0.25) is 0 Å². The lowest BCUT2D eigenvalue weighted by Crippen LogP contribution is -2.13. The quantitative estimate of drug-likeness (QED) is 0.748. The number of rotatable bonds is 6. The van der Waals surface area contributed by atoms with Crippen molar-refractivity contribution >= 4 is 0 Å². The van der Waals surface area contributed by atoms with Gasteiger partial charge >= 0.3 is 0 Å². The third-order valence-electron chi connectivity index (χ3n) is 2.25. The first-order valence-corrected chi connectivity index (χ1v) is 5.49. The van der Waals surface area contributed by atoms with Crippen molar-refractivity contribution in [1.29, 1.82) is 0 Å². The highest BCUT2D eigenvalue weighted by Gasteiger charge is 2.01. The molecular formula is C11H16N4O. The molecule has 2 aromatic rings. The van der Waals surface area contributed by atoms with Crippen molar-refractivity contribution in [2.24, 2.45) is 0 Å². The normalized spacial score (nSPS) is 10.8. The summed E-state index contributed by atoms with van der Waals surface area (Å²) >= 11 is 0. The van der Waals surface area contributed by atoms with Crippen LogP contribution in [0.4, 0.5) is 0 Å². The summed E-state index contributed by atoms with van der Waals surface area (Å²) in [7, 11) is 0. The third-order valence-corrected chi connectivity index (χ3v) is 2.25. The minimum Gasteiger partial charge on any atom is -0.359 e. The van der Waals surface area contributed by atoms with Crippen LogP contribution in [-0.4, -0.2) is 21.3 Å². The summed E-state index contributed by atoms with van der Waals surface area (Å²) in [6.45, 7) is 4.67. The lowest BCUT2D eigenvalue weighted by Gasteiger charge is -1.98. The zero-order valence-electron chi connectivity index (χ0n) is 9.39. The molecule has 0 saturated heterocycles. The first kappa shape index (κ1) is 10.9. The fourth-order valence-corrected chi connectivity index (χ4v) is 1.48. The Balaban J connectivity index is 1.87. The van der Waals surface area contributed by atoms with E-state index in [1.54, 1.807) is 6.20 Å². The predicted molar refractivity (Wildman–Crippen MR) is 59.8 cm³/mol. The van der Waals surface area contributed by atoms with Gasteiger partial charge in [-0.1, -0.05) is 12.1 Å². The predicted octanol–water partition coefficient (Wildman–Crippen LogP) is 1.42. The van der Waals surface area contributed by atoms with Crippen molar-refractivity contribution in [2.45, 2.75) is 26.4 Å². The molecule has 0 spiro atoms. The molecule has 0 radical (unpaired) electrons. The molecule has 0 aromatic carbocycles. The number of aromatic nitrogens is 3. The van der Waals surface area contributed by atoms with Gasteiger partial charge < -0.3 is 14.4 Å². The molecule has 5 heteroatoms. The molecular weight excluding hydrogens is 204 g/mol. The van der Waals surface area contributed by atoms with Crippen molar-refractivity contribution in [3.05, 3.63) is 36.2 Å². The number of nitrogens with zero attached hydrogens (tertiary/aromatic N) is 3. The maximum atomic E-state index is 5.03. The average Bonchev–Trinajstić information content (AvgIpc) is 2.91. The SMILES string of the molecule is CCCNCc1cn(Cc2ccno2)cn1. The van der Waals surface area contributed by atoms with Crippen LogP contribution < -0.4 is 5.32 Å². The smallest absolute Gasteiger partial charge is 0.156 e. The van der Waals surface area contributed by atoms with Gasteiger partial charge in [-0.15, -0.1) is 0 Å². The highest BCUT2D eigenvalue weighted by Crippen LogP contribution is 2.02. The monoisotopic (exact) mass is 220 g/mol. The largest absolute Gasteiger partial charge is 0.359 e. The Hall–Kier alpha value is -1.62. The van der Waals surface area contributed by atoms with Gasteiger partial charge in [-0.3, -0.25) is 0 Å². The summed E-state index contributed by atoms with van der Waals surface area (Å²) in [5.74, 6) is 0.838. The lowest BCUT2D eigenvalue weighted by molar-refractivity contribution is 0.376. The van der Waals surface area contributed by atoms with Gasteiger partial charge in [0.2, 0.25) is 0 Å². The molecule has 86 valence electrons. The average molecular weight is 220 g/mol. The first-order valence-electron chi connectivity index (χ1n) is 5.49. The highest BCUT2D eigenvalue weighted by molar-refractivity contribution is 5.00. The van der Waals surface area contributed by atoms with E-state index in [0.29, 0.717) is 6.54 Å². The topological polar surface area (TPSA) is 55.9 Å². The zero-order chi connectivity index (χ0) is 11.2. The molecule has 0 unspecified atom stereocenters. The maximum absolute atomic E-state index is 5.03. The fourth-order valence-electron chi connectivity index (χ4n) is 1.48. The maximum Gasteiger partial charge on any atom is 0.156 e. The van der Waals surface area contributed by atoms with Crippen LogP contribution in [0.1, 0.15) is 24.8 Å².